The highest BCUT2D eigenvalue weighted by molar-refractivity contribution is 6.35. The standard InChI is InChI=1S/C15H22ClN3/c1-4-5-8-12(17)15-18-13-9-6-7-11(16)14(13)19(15)10(2)3/h6-7,9-10,12H,4-5,8,17H2,1-3H3. The molecule has 0 amide bonds. The second-order valence-corrected chi connectivity index (χ2v) is 5.70. The summed E-state index contributed by atoms with van der Waals surface area (Å²) >= 11 is 6.33. The highest BCUT2D eigenvalue weighted by Crippen LogP contribution is 2.30. The Kier molecular flexibility index (Phi) is 4.48. The summed E-state index contributed by atoms with van der Waals surface area (Å²) in [5.74, 6) is 0.951. The van der Waals surface area contributed by atoms with Gasteiger partial charge in [0.15, 0.2) is 0 Å². The number of benzene rings is 1. The molecule has 1 atom stereocenters. The lowest BCUT2D eigenvalue weighted by Crippen LogP contribution is -2.18. The number of unbranched alkanes of at least 4 members (excludes halogenated alkanes) is 1. The molecule has 2 rings (SSSR count). The van der Waals surface area contributed by atoms with Gasteiger partial charge in [-0.1, -0.05) is 37.4 Å². The summed E-state index contributed by atoms with van der Waals surface area (Å²) in [7, 11) is 0. The summed E-state index contributed by atoms with van der Waals surface area (Å²) in [5.41, 5.74) is 8.24. The van der Waals surface area contributed by atoms with Gasteiger partial charge in [0.25, 0.3) is 0 Å². The SMILES string of the molecule is CCCCC(N)c1nc2cccc(Cl)c2n1C(C)C. The zero-order valence-electron chi connectivity index (χ0n) is 11.9. The quantitative estimate of drug-likeness (QED) is 0.878. The van der Waals surface area contributed by atoms with Crippen molar-refractivity contribution in [1.82, 2.24) is 9.55 Å². The van der Waals surface area contributed by atoms with Crippen LogP contribution in [-0.4, -0.2) is 9.55 Å². The lowest BCUT2D eigenvalue weighted by Gasteiger charge is -2.17. The normalized spacial score (nSPS) is 13.4. The van der Waals surface area contributed by atoms with Crippen molar-refractivity contribution >= 4 is 22.6 Å². The topological polar surface area (TPSA) is 43.8 Å². The fourth-order valence-electron chi connectivity index (χ4n) is 2.46. The molecule has 0 saturated heterocycles. The predicted molar refractivity (Wildman–Crippen MR) is 81.6 cm³/mol. The maximum atomic E-state index is 6.33. The van der Waals surface area contributed by atoms with Crippen LogP contribution < -0.4 is 5.73 Å². The molecule has 0 aliphatic rings. The van der Waals surface area contributed by atoms with E-state index in [4.69, 9.17) is 22.3 Å². The van der Waals surface area contributed by atoms with Gasteiger partial charge in [-0.3, -0.25) is 0 Å². The van der Waals surface area contributed by atoms with Crippen molar-refractivity contribution in [3.63, 3.8) is 0 Å². The van der Waals surface area contributed by atoms with E-state index in [1.54, 1.807) is 0 Å². The summed E-state index contributed by atoms with van der Waals surface area (Å²) in [5, 5.41) is 0.743. The molecule has 0 aliphatic heterocycles. The number of fused-ring (bicyclic) bond motifs is 1. The Bertz CT molecular complexity index is 560. The fraction of sp³-hybridized carbons (Fsp3) is 0.533. The van der Waals surface area contributed by atoms with E-state index in [0.717, 1.165) is 41.1 Å². The molecule has 19 heavy (non-hydrogen) atoms. The van der Waals surface area contributed by atoms with Crippen molar-refractivity contribution in [2.45, 2.75) is 52.1 Å². The Morgan fingerprint density at radius 2 is 2.11 bits per heavy atom. The molecule has 104 valence electrons. The molecule has 0 aliphatic carbocycles. The summed E-state index contributed by atoms with van der Waals surface area (Å²) in [6.07, 6.45) is 3.23. The minimum absolute atomic E-state index is 0.0224. The molecule has 1 heterocycles. The van der Waals surface area contributed by atoms with Crippen molar-refractivity contribution in [3.05, 3.63) is 29.0 Å². The van der Waals surface area contributed by atoms with Crippen molar-refractivity contribution in [1.29, 1.82) is 0 Å². The van der Waals surface area contributed by atoms with Crippen LogP contribution in [0.4, 0.5) is 0 Å². The lowest BCUT2D eigenvalue weighted by molar-refractivity contribution is 0.510. The molecule has 0 radical (unpaired) electrons. The number of imidazole rings is 1. The second-order valence-electron chi connectivity index (χ2n) is 5.29. The Labute approximate surface area is 119 Å². The average molecular weight is 280 g/mol. The van der Waals surface area contributed by atoms with Crippen molar-refractivity contribution in [2.75, 3.05) is 0 Å². The van der Waals surface area contributed by atoms with E-state index in [9.17, 15) is 0 Å². The molecule has 1 aromatic carbocycles. The van der Waals surface area contributed by atoms with Crippen LogP contribution in [0.3, 0.4) is 0 Å². The number of nitrogens with zero attached hydrogens (tertiary/aromatic N) is 2. The van der Waals surface area contributed by atoms with E-state index in [0.29, 0.717) is 6.04 Å². The zero-order valence-corrected chi connectivity index (χ0v) is 12.6. The van der Waals surface area contributed by atoms with Crippen molar-refractivity contribution in [2.24, 2.45) is 5.73 Å². The monoisotopic (exact) mass is 279 g/mol. The van der Waals surface area contributed by atoms with Crippen LogP contribution in [0.5, 0.6) is 0 Å². The van der Waals surface area contributed by atoms with Gasteiger partial charge in [-0.2, -0.15) is 0 Å². The first-order valence-electron chi connectivity index (χ1n) is 6.98. The van der Waals surface area contributed by atoms with E-state index >= 15 is 0 Å². The molecule has 3 nitrogen and oxygen atoms in total. The second kappa shape index (κ2) is 5.93. The molecule has 0 spiro atoms. The van der Waals surface area contributed by atoms with E-state index < -0.39 is 0 Å². The molecular weight excluding hydrogens is 258 g/mol. The summed E-state index contributed by atoms with van der Waals surface area (Å²) in [6.45, 7) is 6.45. The molecule has 0 bridgehead atoms. The molecule has 1 unspecified atom stereocenters. The molecule has 1 aromatic heterocycles. The maximum absolute atomic E-state index is 6.33. The first kappa shape index (κ1) is 14.4. The molecular formula is C15H22ClN3. The Morgan fingerprint density at radius 1 is 1.37 bits per heavy atom. The molecule has 2 N–H and O–H groups in total. The molecule has 0 saturated carbocycles. The molecule has 4 heteroatoms. The third-order valence-corrected chi connectivity index (χ3v) is 3.71. The van der Waals surface area contributed by atoms with Gasteiger partial charge in [-0.05, 0) is 32.4 Å². The van der Waals surface area contributed by atoms with E-state index in [-0.39, 0.29) is 6.04 Å². The van der Waals surface area contributed by atoms with Gasteiger partial charge in [0, 0.05) is 6.04 Å². The molecule has 0 fully saturated rings. The zero-order chi connectivity index (χ0) is 14.0. The van der Waals surface area contributed by atoms with Crippen LogP contribution >= 0.6 is 11.6 Å². The average Bonchev–Trinajstić information content (AvgIpc) is 2.77. The number of nitrogens with two attached hydrogens (primary N) is 1. The van der Waals surface area contributed by atoms with Gasteiger partial charge in [0.05, 0.1) is 22.1 Å². The highest BCUT2D eigenvalue weighted by atomic mass is 35.5. The highest BCUT2D eigenvalue weighted by Gasteiger charge is 2.19. The Morgan fingerprint density at radius 3 is 2.74 bits per heavy atom. The summed E-state index contributed by atoms with van der Waals surface area (Å²) < 4.78 is 2.18. The first-order chi connectivity index (χ1) is 9.06. The smallest absolute Gasteiger partial charge is 0.127 e. The Balaban J connectivity index is 2.54. The summed E-state index contributed by atoms with van der Waals surface area (Å²) in [4.78, 5) is 4.70. The first-order valence-corrected chi connectivity index (χ1v) is 7.36. The van der Waals surface area contributed by atoms with Gasteiger partial charge in [0.1, 0.15) is 5.82 Å². The third-order valence-electron chi connectivity index (χ3n) is 3.40. The maximum Gasteiger partial charge on any atom is 0.127 e. The number of halogens is 1. The van der Waals surface area contributed by atoms with Crippen molar-refractivity contribution in [3.8, 4) is 0 Å². The van der Waals surface area contributed by atoms with Gasteiger partial charge in [-0.25, -0.2) is 4.98 Å². The number of aromatic nitrogens is 2. The number of hydrogen-bond acceptors (Lipinski definition) is 2. The molecule has 2 aromatic rings. The van der Waals surface area contributed by atoms with Gasteiger partial charge < -0.3 is 10.3 Å². The number of rotatable bonds is 5. The van der Waals surface area contributed by atoms with E-state index in [1.807, 2.05) is 18.2 Å². The minimum atomic E-state index is -0.0224. The minimum Gasteiger partial charge on any atom is -0.323 e. The van der Waals surface area contributed by atoms with Gasteiger partial charge in [0.2, 0.25) is 0 Å². The van der Waals surface area contributed by atoms with Crippen LogP contribution in [-0.2, 0) is 0 Å². The van der Waals surface area contributed by atoms with Crippen molar-refractivity contribution < 1.29 is 0 Å². The van der Waals surface area contributed by atoms with Crippen LogP contribution in [0.15, 0.2) is 18.2 Å². The Hall–Kier alpha value is -1.06. The number of hydrogen-bond donors (Lipinski definition) is 1. The lowest BCUT2D eigenvalue weighted by atomic mass is 10.1. The van der Waals surface area contributed by atoms with Gasteiger partial charge in [-0.15, -0.1) is 0 Å². The van der Waals surface area contributed by atoms with E-state index in [2.05, 4.69) is 25.3 Å². The van der Waals surface area contributed by atoms with Crippen LogP contribution in [0, 0.1) is 0 Å². The predicted octanol–water partition coefficient (Wildman–Crippen LogP) is 4.46. The van der Waals surface area contributed by atoms with Crippen LogP contribution in [0.2, 0.25) is 5.02 Å². The number of para-hydroxylation sites is 1. The van der Waals surface area contributed by atoms with Gasteiger partial charge >= 0.3 is 0 Å². The largest absolute Gasteiger partial charge is 0.323 e. The van der Waals surface area contributed by atoms with Crippen LogP contribution in [0.1, 0.15) is 57.9 Å². The third kappa shape index (κ3) is 2.77. The van der Waals surface area contributed by atoms with Crippen LogP contribution in [0.25, 0.3) is 11.0 Å². The fourth-order valence-corrected chi connectivity index (χ4v) is 2.72. The van der Waals surface area contributed by atoms with E-state index in [1.165, 1.54) is 0 Å². The summed E-state index contributed by atoms with van der Waals surface area (Å²) in [6, 6.07) is 6.12.